The summed E-state index contributed by atoms with van der Waals surface area (Å²) in [5, 5.41) is -0.0460. The molecular weight excluding hydrogens is 146 g/mol. The normalized spacial score (nSPS) is 19.3. The lowest BCUT2D eigenvalue weighted by molar-refractivity contribution is -0.111. The average Bonchev–Trinajstić information content (AvgIpc) is 1.88. The molecule has 56 valence electrons. The van der Waals surface area contributed by atoms with Crippen molar-refractivity contribution >= 4 is 17.7 Å². The number of hydrogen-bond acceptors (Lipinski definition) is 2. The third-order valence-corrected chi connectivity index (χ3v) is 1.64. The fraction of sp³-hybridized carbons (Fsp3) is 0.571. The first-order valence-corrected chi connectivity index (χ1v) is 3.83. The van der Waals surface area contributed by atoms with Gasteiger partial charge in [0.15, 0.2) is 5.12 Å². The summed E-state index contributed by atoms with van der Waals surface area (Å²) < 4.78 is 0. The van der Waals surface area contributed by atoms with Crippen LogP contribution in [0.4, 0.5) is 0 Å². The minimum absolute atomic E-state index is 0.0460. The van der Waals surface area contributed by atoms with Crippen molar-refractivity contribution in [3.8, 4) is 0 Å². The van der Waals surface area contributed by atoms with E-state index < -0.39 is 0 Å². The summed E-state index contributed by atoms with van der Waals surface area (Å²) in [5.74, 6) is 0. The van der Waals surface area contributed by atoms with Crippen molar-refractivity contribution in [1.82, 2.24) is 4.90 Å². The zero-order valence-corrected chi connectivity index (χ0v) is 6.68. The Bertz CT molecular complexity index is 156. The molecule has 0 amide bonds. The second kappa shape index (κ2) is 3.78. The summed E-state index contributed by atoms with van der Waals surface area (Å²) >= 11 is 3.70. The Hall–Kier alpha value is -0.280. The van der Waals surface area contributed by atoms with Crippen molar-refractivity contribution in [3.05, 3.63) is 12.2 Å². The van der Waals surface area contributed by atoms with Crippen molar-refractivity contribution in [2.24, 2.45) is 0 Å². The number of carbonyl (C=O) groups excluding carboxylic acids is 1. The number of thiol groups is 1. The van der Waals surface area contributed by atoms with Crippen LogP contribution in [-0.4, -0.2) is 29.6 Å². The van der Waals surface area contributed by atoms with Crippen LogP contribution in [0.1, 0.15) is 6.42 Å². The van der Waals surface area contributed by atoms with Gasteiger partial charge in [-0.25, -0.2) is 0 Å². The predicted molar refractivity (Wildman–Crippen MR) is 44.2 cm³/mol. The zero-order chi connectivity index (χ0) is 7.40. The third-order valence-electron chi connectivity index (χ3n) is 1.50. The maximum Gasteiger partial charge on any atom is 0.199 e. The van der Waals surface area contributed by atoms with Crippen molar-refractivity contribution in [2.75, 3.05) is 19.6 Å². The quantitative estimate of drug-likeness (QED) is 0.470. The molecule has 0 atom stereocenters. The van der Waals surface area contributed by atoms with Crippen molar-refractivity contribution < 1.29 is 4.79 Å². The van der Waals surface area contributed by atoms with Crippen LogP contribution in [0.25, 0.3) is 0 Å². The lowest BCUT2D eigenvalue weighted by Gasteiger charge is -2.20. The molecule has 0 saturated heterocycles. The summed E-state index contributed by atoms with van der Waals surface area (Å²) in [6.45, 7) is 2.36. The van der Waals surface area contributed by atoms with Gasteiger partial charge in [-0.15, -0.1) is 12.6 Å². The Balaban J connectivity index is 2.28. The first-order valence-electron chi connectivity index (χ1n) is 3.38. The molecule has 3 heteroatoms. The van der Waals surface area contributed by atoms with E-state index in [9.17, 15) is 4.79 Å². The average molecular weight is 157 g/mol. The Labute approximate surface area is 66.3 Å². The van der Waals surface area contributed by atoms with Gasteiger partial charge in [0.25, 0.3) is 0 Å². The van der Waals surface area contributed by atoms with Gasteiger partial charge in [-0.3, -0.25) is 9.69 Å². The van der Waals surface area contributed by atoms with Gasteiger partial charge in [-0.05, 0) is 6.42 Å². The van der Waals surface area contributed by atoms with E-state index in [2.05, 4.69) is 29.7 Å². The lowest BCUT2D eigenvalue weighted by atomic mass is 10.2. The summed E-state index contributed by atoms with van der Waals surface area (Å²) in [6.07, 6.45) is 5.28. The summed E-state index contributed by atoms with van der Waals surface area (Å²) in [6, 6.07) is 0. The Morgan fingerprint density at radius 3 is 2.90 bits per heavy atom. The molecule has 1 heterocycles. The van der Waals surface area contributed by atoms with Crippen LogP contribution < -0.4 is 0 Å². The molecule has 0 bridgehead atoms. The van der Waals surface area contributed by atoms with E-state index in [1.807, 2.05) is 0 Å². The summed E-state index contributed by atoms with van der Waals surface area (Å²) in [5.41, 5.74) is 0. The van der Waals surface area contributed by atoms with E-state index in [1.165, 1.54) is 0 Å². The molecule has 0 aromatic rings. The molecule has 0 unspecified atom stereocenters. The minimum Gasteiger partial charge on any atom is -0.291 e. The lowest BCUT2D eigenvalue weighted by Crippen LogP contribution is -2.30. The van der Waals surface area contributed by atoms with Crippen LogP contribution in [0, 0.1) is 0 Å². The maximum absolute atomic E-state index is 10.5. The molecule has 1 aliphatic heterocycles. The SMILES string of the molecule is O=C(S)CN1CC=CCC1. The molecule has 0 spiro atoms. The largest absolute Gasteiger partial charge is 0.291 e. The van der Waals surface area contributed by atoms with Crippen molar-refractivity contribution in [1.29, 1.82) is 0 Å². The maximum atomic E-state index is 10.5. The number of hydrogen-bond donors (Lipinski definition) is 1. The molecule has 0 saturated carbocycles. The van der Waals surface area contributed by atoms with Gasteiger partial charge in [-0.1, -0.05) is 12.2 Å². The summed E-state index contributed by atoms with van der Waals surface area (Å²) in [7, 11) is 0. The molecule has 0 aliphatic carbocycles. The van der Waals surface area contributed by atoms with Crippen molar-refractivity contribution in [3.63, 3.8) is 0 Å². The second-order valence-corrected chi connectivity index (χ2v) is 2.89. The molecule has 1 rings (SSSR count). The molecule has 0 N–H and O–H groups in total. The topological polar surface area (TPSA) is 20.3 Å². The standard InChI is InChI=1S/C7H11NOS/c9-7(10)6-8-4-2-1-3-5-8/h1-2H,3-6H2,(H,9,10). The molecule has 0 radical (unpaired) electrons. The summed E-state index contributed by atoms with van der Waals surface area (Å²) in [4.78, 5) is 12.6. The third kappa shape index (κ3) is 2.54. The highest BCUT2D eigenvalue weighted by Crippen LogP contribution is 2.00. The first kappa shape index (κ1) is 7.82. The number of carbonyl (C=O) groups is 1. The highest BCUT2D eigenvalue weighted by atomic mass is 32.1. The van der Waals surface area contributed by atoms with Gasteiger partial charge < -0.3 is 0 Å². The molecule has 0 aromatic heterocycles. The highest BCUT2D eigenvalue weighted by Gasteiger charge is 2.07. The fourth-order valence-electron chi connectivity index (χ4n) is 1.02. The van der Waals surface area contributed by atoms with Gasteiger partial charge >= 0.3 is 0 Å². The molecule has 2 nitrogen and oxygen atoms in total. The number of nitrogens with zero attached hydrogens (tertiary/aromatic N) is 1. The second-order valence-electron chi connectivity index (χ2n) is 2.39. The van der Waals surface area contributed by atoms with Gasteiger partial charge in [0.05, 0.1) is 6.54 Å². The number of rotatable bonds is 2. The Morgan fingerprint density at radius 1 is 1.60 bits per heavy atom. The van der Waals surface area contributed by atoms with Crippen LogP contribution in [0.5, 0.6) is 0 Å². The molecule has 0 aromatic carbocycles. The smallest absolute Gasteiger partial charge is 0.199 e. The van der Waals surface area contributed by atoms with Gasteiger partial charge in [0.2, 0.25) is 0 Å². The van der Waals surface area contributed by atoms with E-state index in [0.29, 0.717) is 6.54 Å². The van der Waals surface area contributed by atoms with E-state index >= 15 is 0 Å². The molecular formula is C7H11NOS. The van der Waals surface area contributed by atoms with E-state index in [-0.39, 0.29) is 5.12 Å². The Morgan fingerprint density at radius 2 is 2.40 bits per heavy atom. The van der Waals surface area contributed by atoms with Crippen LogP contribution >= 0.6 is 12.6 Å². The van der Waals surface area contributed by atoms with Crippen LogP contribution in [0.2, 0.25) is 0 Å². The molecule has 1 aliphatic rings. The van der Waals surface area contributed by atoms with Crippen LogP contribution in [0.3, 0.4) is 0 Å². The van der Waals surface area contributed by atoms with E-state index in [4.69, 9.17) is 0 Å². The first-order chi connectivity index (χ1) is 4.79. The zero-order valence-electron chi connectivity index (χ0n) is 5.79. The fourth-order valence-corrected chi connectivity index (χ4v) is 1.22. The Kier molecular flexibility index (Phi) is 2.96. The monoisotopic (exact) mass is 157 g/mol. The van der Waals surface area contributed by atoms with Gasteiger partial charge in [0.1, 0.15) is 0 Å². The minimum atomic E-state index is -0.0460. The predicted octanol–water partition coefficient (Wildman–Crippen LogP) is 0.705. The van der Waals surface area contributed by atoms with Gasteiger partial charge in [0, 0.05) is 13.1 Å². The van der Waals surface area contributed by atoms with Crippen LogP contribution in [-0.2, 0) is 4.79 Å². The molecule has 10 heavy (non-hydrogen) atoms. The van der Waals surface area contributed by atoms with Crippen LogP contribution in [0.15, 0.2) is 12.2 Å². The highest BCUT2D eigenvalue weighted by molar-refractivity contribution is 7.96. The van der Waals surface area contributed by atoms with E-state index in [1.54, 1.807) is 0 Å². The molecule has 0 fully saturated rings. The van der Waals surface area contributed by atoms with Crippen molar-refractivity contribution in [2.45, 2.75) is 6.42 Å². The van der Waals surface area contributed by atoms with Gasteiger partial charge in [-0.2, -0.15) is 0 Å². The van der Waals surface area contributed by atoms with E-state index in [0.717, 1.165) is 19.5 Å².